The summed E-state index contributed by atoms with van der Waals surface area (Å²) in [5, 5.41) is 8.55. The maximum Gasteiger partial charge on any atom is 0.116 e. The summed E-state index contributed by atoms with van der Waals surface area (Å²) in [7, 11) is 0.323. The van der Waals surface area contributed by atoms with Crippen LogP contribution in [0.5, 0.6) is 0 Å². The molecule has 0 N–H and O–H groups in total. The van der Waals surface area contributed by atoms with E-state index in [9.17, 15) is 0 Å². The summed E-state index contributed by atoms with van der Waals surface area (Å²) in [6, 6.07) is 12.3. The van der Waals surface area contributed by atoms with Crippen LogP contribution in [0.4, 0.5) is 0 Å². The fraction of sp³-hybridized carbons (Fsp3) is 0.300. The van der Waals surface area contributed by atoms with Crippen LogP contribution < -0.4 is 0 Å². The molecule has 3 nitrogen and oxygen atoms in total. The van der Waals surface area contributed by atoms with Gasteiger partial charge < -0.3 is 4.52 Å². The molecule has 4 heteroatoms. The molecule has 0 saturated carbocycles. The minimum Gasteiger partial charge on any atom is -0.342 e. The lowest BCUT2D eigenvalue weighted by molar-refractivity contribution is 0.339. The van der Waals surface area contributed by atoms with Gasteiger partial charge in [-0.2, -0.15) is 5.26 Å². The molecule has 0 aromatic heterocycles. The molecule has 0 radical (unpaired) electrons. The highest BCUT2D eigenvalue weighted by Crippen LogP contribution is 2.33. The summed E-state index contributed by atoms with van der Waals surface area (Å²) in [4.78, 5) is 0. The van der Waals surface area contributed by atoms with Crippen molar-refractivity contribution < 1.29 is 4.52 Å². The number of nitriles is 1. The molecule has 0 bridgehead atoms. The van der Waals surface area contributed by atoms with Crippen LogP contribution >= 0.6 is 8.96 Å². The normalized spacial score (nSPS) is 25.1. The van der Waals surface area contributed by atoms with E-state index in [1.165, 1.54) is 5.56 Å². The molecule has 0 amide bonds. The van der Waals surface area contributed by atoms with Gasteiger partial charge in [0.05, 0.1) is 21.6 Å². The van der Waals surface area contributed by atoms with E-state index in [1.807, 2.05) is 35.0 Å². The van der Waals surface area contributed by atoms with E-state index in [-0.39, 0.29) is 6.04 Å². The Bertz CT molecular complexity index is 336. The van der Waals surface area contributed by atoms with Gasteiger partial charge in [-0.25, -0.2) is 4.67 Å². The van der Waals surface area contributed by atoms with Crippen LogP contribution in [-0.2, 0) is 11.1 Å². The topological polar surface area (TPSA) is 36.0 Å². The first-order valence-electron chi connectivity index (χ1n) is 4.48. The molecule has 1 aliphatic heterocycles. The van der Waals surface area contributed by atoms with Crippen LogP contribution in [0, 0.1) is 11.3 Å². The smallest absolute Gasteiger partial charge is 0.116 e. The van der Waals surface area contributed by atoms with E-state index in [2.05, 4.69) is 6.07 Å². The average molecular weight is 206 g/mol. The van der Waals surface area contributed by atoms with Crippen molar-refractivity contribution >= 4 is 8.96 Å². The summed E-state index contributed by atoms with van der Waals surface area (Å²) >= 11 is 0. The Morgan fingerprint density at radius 1 is 1.50 bits per heavy atom. The maximum absolute atomic E-state index is 8.55. The fourth-order valence-corrected chi connectivity index (χ4v) is 1.95. The molecule has 2 rings (SSSR count). The van der Waals surface area contributed by atoms with Gasteiger partial charge in [0.25, 0.3) is 0 Å². The quantitative estimate of drug-likeness (QED) is 0.557. The van der Waals surface area contributed by atoms with Gasteiger partial charge in [-0.15, -0.1) is 0 Å². The second-order valence-corrected chi connectivity index (χ2v) is 4.21. The minimum absolute atomic E-state index is 0.101. The summed E-state index contributed by atoms with van der Waals surface area (Å²) in [5.41, 5.74) is 1.18. The number of hydrogen-bond acceptors (Lipinski definition) is 3. The van der Waals surface area contributed by atoms with Gasteiger partial charge in [0, 0.05) is 6.54 Å². The van der Waals surface area contributed by atoms with E-state index in [0.29, 0.717) is 15.6 Å². The third-order valence-electron chi connectivity index (χ3n) is 2.02. The zero-order valence-electron chi connectivity index (χ0n) is 7.68. The third-order valence-corrected chi connectivity index (χ3v) is 3.03. The Balaban J connectivity index is 1.67. The summed E-state index contributed by atoms with van der Waals surface area (Å²) < 4.78 is 7.50. The largest absolute Gasteiger partial charge is 0.342 e. The molecule has 1 aliphatic rings. The Morgan fingerprint density at radius 2 is 2.29 bits per heavy atom. The lowest BCUT2D eigenvalue weighted by Crippen LogP contribution is -1.89. The van der Waals surface area contributed by atoms with Crippen molar-refractivity contribution in [3.63, 3.8) is 0 Å². The van der Waals surface area contributed by atoms with Crippen molar-refractivity contribution in [3.05, 3.63) is 35.9 Å². The Kier molecular flexibility index (Phi) is 3.10. The average Bonchev–Trinajstić information content (AvgIpc) is 2.98. The molecule has 0 aliphatic carbocycles. The number of hydrogen-bond donors (Lipinski definition) is 0. The van der Waals surface area contributed by atoms with Crippen molar-refractivity contribution in [3.8, 4) is 6.07 Å². The predicted octanol–water partition coefficient (Wildman–Crippen LogP) is 1.92. The van der Waals surface area contributed by atoms with Gasteiger partial charge in [0.1, 0.15) is 6.04 Å². The monoisotopic (exact) mass is 206 g/mol. The van der Waals surface area contributed by atoms with Crippen LogP contribution in [0.25, 0.3) is 0 Å². The molecule has 1 fully saturated rings. The second kappa shape index (κ2) is 4.52. The minimum atomic E-state index is 0.101. The first-order valence-corrected chi connectivity index (χ1v) is 5.33. The number of rotatable bonds is 4. The maximum atomic E-state index is 8.55. The van der Waals surface area contributed by atoms with Crippen LogP contribution in [0.2, 0.25) is 0 Å². The number of nitrogens with zero attached hydrogens (tertiary/aromatic N) is 2. The molecule has 14 heavy (non-hydrogen) atoms. The van der Waals surface area contributed by atoms with Crippen molar-refractivity contribution in [2.75, 3.05) is 6.54 Å². The Morgan fingerprint density at radius 3 is 2.93 bits per heavy atom. The lowest BCUT2D eigenvalue weighted by Gasteiger charge is -2.03. The first kappa shape index (κ1) is 9.61. The highest BCUT2D eigenvalue weighted by Gasteiger charge is 2.34. The lowest BCUT2D eigenvalue weighted by atomic mass is 10.2. The van der Waals surface area contributed by atoms with E-state index in [1.54, 1.807) is 0 Å². The van der Waals surface area contributed by atoms with Crippen molar-refractivity contribution in [2.45, 2.75) is 12.6 Å². The van der Waals surface area contributed by atoms with E-state index >= 15 is 0 Å². The predicted molar refractivity (Wildman–Crippen MR) is 55.7 cm³/mol. The Labute approximate surface area is 85.2 Å². The molecular weight excluding hydrogens is 195 g/mol. The van der Waals surface area contributed by atoms with Crippen molar-refractivity contribution in [2.24, 2.45) is 0 Å². The van der Waals surface area contributed by atoms with Gasteiger partial charge in [0.15, 0.2) is 0 Å². The van der Waals surface area contributed by atoms with Crippen molar-refractivity contribution in [1.29, 1.82) is 5.26 Å². The molecular formula is C10H11N2OP. The molecule has 72 valence electrons. The van der Waals surface area contributed by atoms with E-state index in [0.717, 1.165) is 6.54 Å². The molecule has 0 spiro atoms. The van der Waals surface area contributed by atoms with Crippen LogP contribution in [0.1, 0.15) is 5.56 Å². The third kappa shape index (κ3) is 2.52. The molecule has 1 aromatic rings. The molecule has 3 unspecified atom stereocenters. The van der Waals surface area contributed by atoms with Gasteiger partial charge in [-0.1, -0.05) is 30.3 Å². The summed E-state index contributed by atoms with van der Waals surface area (Å²) in [6.45, 7) is 1.50. The van der Waals surface area contributed by atoms with Gasteiger partial charge in [-0.05, 0) is 5.56 Å². The second-order valence-electron chi connectivity index (χ2n) is 3.16. The standard InChI is InChI=1S/C10H11N2OP/c11-6-10-7-12(10)14-13-8-9-4-2-1-3-5-9/h1-5,10,14H,7-8H2. The van der Waals surface area contributed by atoms with Crippen LogP contribution in [0.15, 0.2) is 30.3 Å². The first-order chi connectivity index (χ1) is 6.90. The molecule has 3 atom stereocenters. The van der Waals surface area contributed by atoms with Crippen molar-refractivity contribution in [1.82, 2.24) is 4.67 Å². The highest BCUT2D eigenvalue weighted by molar-refractivity contribution is 7.29. The van der Waals surface area contributed by atoms with Crippen LogP contribution in [-0.4, -0.2) is 17.3 Å². The van der Waals surface area contributed by atoms with Gasteiger partial charge >= 0.3 is 0 Å². The zero-order valence-corrected chi connectivity index (χ0v) is 8.68. The Hall–Kier alpha value is -0.940. The summed E-state index contributed by atoms with van der Waals surface area (Å²) in [6.07, 6.45) is 0. The van der Waals surface area contributed by atoms with Gasteiger partial charge in [0.2, 0.25) is 0 Å². The molecule has 1 saturated heterocycles. The van der Waals surface area contributed by atoms with E-state index < -0.39 is 0 Å². The zero-order chi connectivity index (χ0) is 9.80. The molecule has 1 aromatic carbocycles. The van der Waals surface area contributed by atoms with Crippen LogP contribution in [0.3, 0.4) is 0 Å². The highest BCUT2D eigenvalue weighted by atomic mass is 31.1. The SMILES string of the molecule is N#CC1CN1POCc1ccccc1. The molecule has 1 heterocycles. The summed E-state index contributed by atoms with van der Waals surface area (Å²) in [5.74, 6) is 0. The number of benzene rings is 1. The van der Waals surface area contributed by atoms with E-state index in [4.69, 9.17) is 9.79 Å². The van der Waals surface area contributed by atoms with Gasteiger partial charge in [-0.3, -0.25) is 0 Å². The fourth-order valence-electron chi connectivity index (χ4n) is 1.12.